The van der Waals surface area contributed by atoms with Crippen molar-refractivity contribution in [3.63, 3.8) is 0 Å². The molecule has 0 saturated carbocycles. The molecule has 12 rings (SSSR count). The molecule has 0 spiro atoms. The summed E-state index contributed by atoms with van der Waals surface area (Å²) in [5.74, 6) is 0. The fraction of sp³-hybridized carbons (Fsp3) is 0. The zero-order chi connectivity index (χ0) is 35.3. The molecule has 12 aromatic rings. The van der Waals surface area contributed by atoms with Crippen LogP contribution in [0, 0.1) is 0 Å². The highest BCUT2D eigenvalue weighted by Gasteiger charge is 2.17. The van der Waals surface area contributed by atoms with Gasteiger partial charge in [-0.1, -0.05) is 182 Å². The first-order chi connectivity index (χ1) is 26.8. The third-order valence-electron chi connectivity index (χ3n) is 12.0. The Morgan fingerprint density at radius 2 is 0.481 bits per heavy atom. The molecule has 0 saturated heterocycles. The van der Waals surface area contributed by atoms with Crippen LogP contribution in [0.15, 0.2) is 194 Å². The van der Waals surface area contributed by atoms with Crippen molar-refractivity contribution in [3.05, 3.63) is 194 Å². The summed E-state index contributed by atoms with van der Waals surface area (Å²) in [6, 6.07) is 72.3. The van der Waals surface area contributed by atoms with E-state index in [1.54, 1.807) is 0 Å². The summed E-state index contributed by atoms with van der Waals surface area (Å²) in [4.78, 5) is 0. The lowest BCUT2D eigenvalue weighted by atomic mass is 9.86. The summed E-state index contributed by atoms with van der Waals surface area (Å²) >= 11 is 0. The molecular weight excluding hydrogens is 649 g/mol. The fourth-order valence-corrected chi connectivity index (χ4v) is 9.43. The second kappa shape index (κ2) is 11.2. The molecule has 0 N–H and O–H groups in total. The second-order valence-electron chi connectivity index (χ2n) is 14.8. The van der Waals surface area contributed by atoms with Gasteiger partial charge in [-0.2, -0.15) is 0 Å². The fourth-order valence-electron chi connectivity index (χ4n) is 9.43. The van der Waals surface area contributed by atoms with E-state index >= 15 is 0 Å². The molecule has 0 nitrogen and oxygen atoms in total. The number of hydrogen-bond donors (Lipinski definition) is 0. The van der Waals surface area contributed by atoms with Crippen LogP contribution in [-0.2, 0) is 0 Å². The smallest absolute Gasteiger partial charge is 0.00203 e. The average molecular weight is 681 g/mol. The first kappa shape index (κ1) is 29.5. The van der Waals surface area contributed by atoms with Crippen LogP contribution in [0.5, 0.6) is 0 Å². The zero-order valence-electron chi connectivity index (χ0n) is 29.5. The molecule has 0 atom stereocenters. The number of hydrogen-bond acceptors (Lipinski definition) is 0. The Kier molecular flexibility index (Phi) is 6.15. The maximum absolute atomic E-state index is 2.39. The van der Waals surface area contributed by atoms with Gasteiger partial charge in [-0.25, -0.2) is 0 Å². The normalized spacial score (nSPS) is 12.1. The lowest BCUT2D eigenvalue weighted by Gasteiger charge is -2.17. The maximum Gasteiger partial charge on any atom is -0.00203 e. The standard InChI is InChI=1S/C54H32/c1-3-7-34(8-4-1)43-23-15-36-21-29-49-45(25-17-38-19-27-47(43)51(36)53(38)49)40-13-11-33-12-14-41(32-42(33)31-40)46-26-18-39-20-28-48-44(35-9-5-2-6-10-35)24-16-37-22-30-50(46)54(39)52(37)48/h1-32H. The van der Waals surface area contributed by atoms with E-state index in [9.17, 15) is 0 Å². The van der Waals surface area contributed by atoms with Crippen molar-refractivity contribution in [1.29, 1.82) is 0 Å². The highest BCUT2D eigenvalue weighted by atomic mass is 14.2. The van der Waals surface area contributed by atoms with Gasteiger partial charge in [0.1, 0.15) is 0 Å². The monoisotopic (exact) mass is 680 g/mol. The van der Waals surface area contributed by atoms with Gasteiger partial charge in [-0.15, -0.1) is 0 Å². The Morgan fingerprint density at radius 1 is 0.185 bits per heavy atom. The summed E-state index contributed by atoms with van der Waals surface area (Å²) in [6.07, 6.45) is 0. The van der Waals surface area contributed by atoms with Crippen LogP contribution < -0.4 is 0 Å². The van der Waals surface area contributed by atoms with Gasteiger partial charge in [-0.05, 0) is 132 Å². The van der Waals surface area contributed by atoms with Gasteiger partial charge in [0.25, 0.3) is 0 Å². The molecule has 0 bridgehead atoms. The summed E-state index contributed by atoms with van der Waals surface area (Å²) in [7, 11) is 0. The SMILES string of the molecule is c1ccc(-c2ccc3ccc4c(-c5ccc6ccc(-c7ccc8ccc9c(-c%10ccccc%10)ccc%10ccc7c8c%109)cc6c5)ccc5ccc2c3c54)cc1. The van der Waals surface area contributed by atoms with Crippen molar-refractivity contribution in [2.75, 3.05) is 0 Å². The lowest BCUT2D eigenvalue weighted by Crippen LogP contribution is -1.90. The van der Waals surface area contributed by atoms with Crippen molar-refractivity contribution in [2.45, 2.75) is 0 Å². The molecule has 0 heteroatoms. The molecule has 0 heterocycles. The van der Waals surface area contributed by atoms with Crippen LogP contribution in [0.4, 0.5) is 0 Å². The van der Waals surface area contributed by atoms with Gasteiger partial charge in [0, 0.05) is 0 Å². The highest BCUT2D eigenvalue weighted by molar-refractivity contribution is 6.29. The molecule has 248 valence electrons. The Bertz CT molecular complexity index is 3180. The molecule has 0 aliphatic carbocycles. The van der Waals surface area contributed by atoms with E-state index < -0.39 is 0 Å². The molecule has 0 radical (unpaired) electrons. The Labute approximate surface area is 312 Å². The van der Waals surface area contributed by atoms with Crippen LogP contribution in [0.25, 0.3) is 120 Å². The van der Waals surface area contributed by atoms with Crippen molar-refractivity contribution in [1.82, 2.24) is 0 Å². The van der Waals surface area contributed by atoms with Gasteiger partial charge in [0.05, 0.1) is 0 Å². The van der Waals surface area contributed by atoms with E-state index in [-0.39, 0.29) is 0 Å². The molecule has 0 fully saturated rings. The molecule has 0 aliphatic rings. The molecular formula is C54H32. The average Bonchev–Trinajstić information content (AvgIpc) is 3.24. The van der Waals surface area contributed by atoms with Crippen LogP contribution in [0.1, 0.15) is 0 Å². The zero-order valence-corrected chi connectivity index (χ0v) is 29.5. The van der Waals surface area contributed by atoms with Crippen LogP contribution >= 0.6 is 0 Å². The Balaban J connectivity index is 1.02. The summed E-state index contributed by atoms with van der Waals surface area (Å²) in [5.41, 5.74) is 10.1. The van der Waals surface area contributed by atoms with E-state index in [4.69, 9.17) is 0 Å². The summed E-state index contributed by atoms with van der Waals surface area (Å²) in [6.45, 7) is 0. The van der Waals surface area contributed by atoms with Crippen molar-refractivity contribution < 1.29 is 0 Å². The lowest BCUT2D eigenvalue weighted by molar-refractivity contribution is 1.66. The van der Waals surface area contributed by atoms with Gasteiger partial charge >= 0.3 is 0 Å². The third-order valence-corrected chi connectivity index (χ3v) is 12.0. The number of rotatable bonds is 4. The van der Waals surface area contributed by atoms with E-state index in [0.717, 1.165) is 0 Å². The van der Waals surface area contributed by atoms with Crippen LogP contribution in [-0.4, -0.2) is 0 Å². The van der Waals surface area contributed by atoms with Crippen LogP contribution in [0.3, 0.4) is 0 Å². The van der Waals surface area contributed by atoms with E-state index in [0.29, 0.717) is 0 Å². The minimum absolute atomic E-state index is 1.24. The van der Waals surface area contributed by atoms with Crippen molar-refractivity contribution in [3.8, 4) is 44.5 Å². The summed E-state index contributed by atoms with van der Waals surface area (Å²) in [5, 5.41) is 18.2. The largest absolute Gasteiger partial charge is 0.0622 e. The molecule has 54 heavy (non-hydrogen) atoms. The third kappa shape index (κ3) is 4.26. The molecule has 0 aromatic heterocycles. The number of benzene rings is 12. The van der Waals surface area contributed by atoms with Crippen molar-refractivity contribution >= 4 is 75.4 Å². The van der Waals surface area contributed by atoms with E-state index in [1.807, 2.05) is 0 Å². The van der Waals surface area contributed by atoms with Gasteiger partial charge in [-0.3, -0.25) is 0 Å². The molecule has 0 amide bonds. The van der Waals surface area contributed by atoms with Crippen molar-refractivity contribution in [2.24, 2.45) is 0 Å². The second-order valence-corrected chi connectivity index (χ2v) is 14.8. The molecule has 0 aliphatic heterocycles. The Morgan fingerprint density at radius 3 is 0.833 bits per heavy atom. The highest BCUT2D eigenvalue weighted by Crippen LogP contribution is 2.45. The minimum atomic E-state index is 1.24. The molecule has 0 unspecified atom stereocenters. The van der Waals surface area contributed by atoms with Gasteiger partial charge < -0.3 is 0 Å². The first-order valence-electron chi connectivity index (χ1n) is 18.8. The summed E-state index contributed by atoms with van der Waals surface area (Å²) < 4.78 is 0. The molecule has 12 aromatic carbocycles. The predicted molar refractivity (Wildman–Crippen MR) is 233 cm³/mol. The van der Waals surface area contributed by atoms with Crippen LogP contribution in [0.2, 0.25) is 0 Å². The number of fused-ring (bicyclic) bond motifs is 1. The van der Waals surface area contributed by atoms with E-state index in [1.165, 1.54) is 120 Å². The van der Waals surface area contributed by atoms with Gasteiger partial charge in [0.15, 0.2) is 0 Å². The first-order valence-corrected chi connectivity index (χ1v) is 18.8. The maximum atomic E-state index is 2.39. The quantitative estimate of drug-likeness (QED) is 0.162. The van der Waals surface area contributed by atoms with E-state index in [2.05, 4.69) is 194 Å². The topological polar surface area (TPSA) is 0 Å². The predicted octanol–water partition coefficient (Wildman–Crippen LogP) is 15.3. The Hall–Kier alpha value is -7.02. The minimum Gasteiger partial charge on any atom is -0.0622 e. The van der Waals surface area contributed by atoms with Gasteiger partial charge in [0.2, 0.25) is 0 Å².